The maximum absolute atomic E-state index is 13.6. The molecule has 1 unspecified atom stereocenters. The molecule has 7 nitrogen and oxygen atoms in total. The van der Waals surface area contributed by atoms with E-state index in [4.69, 9.17) is 4.42 Å². The monoisotopic (exact) mass is 487 g/mol. The average molecular weight is 487 g/mol. The Balaban J connectivity index is 1.51. The smallest absolute Gasteiger partial charge is 0.437 e. The summed E-state index contributed by atoms with van der Waals surface area (Å²) in [6.45, 7) is 3.08. The topological polar surface area (TPSA) is 85.5 Å². The highest BCUT2D eigenvalue weighted by molar-refractivity contribution is 5.96. The fourth-order valence-corrected chi connectivity index (χ4v) is 4.06. The van der Waals surface area contributed by atoms with Gasteiger partial charge in [-0.25, -0.2) is 9.78 Å². The highest BCUT2D eigenvalue weighted by Crippen LogP contribution is 2.35. The van der Waals surface area contributed by atoms with Crippen LogP contribution in [-0.4, -0.2) is 41.9 Å². The normalized spacial score (nSPS) is 16.3. The number of oxazole rings is 1. The van der Waals surface area contributed by atoms with Crippen LogP contribution in [0.5, 0.6) is 0 Å². The summed E-state index contributed by atoms with van der Waals surface area (Å²) in [5, 5.41) is 0. The molecule has 0 saturated carbocycles. The van der Waals surface area contributed by atoms with E-state index in [0.717, 1.165) is 24.0 Å². The standard InChI is InChI=1S/C25H24F3N3O4/c1-15-4-3-11-31(14-15)24-30-22(25(26,27)28)21(35-24)20(32)12-16-5-7-17(8-6-16)18-9-10-19(29-13-18)23(33)34-2/h5-10,13,15H,3-4,11-12,14H2,1-2H3. The van der Waals surface area contributed by atoms with Crippen LogP contribution in [0, 0.1) is 5.92 Å². The quantitative estimate of drug-likeness (QED) is 0.349. The Morgan fingerprint density at radius 3 is 2.46 bits per heavy atom. The number of methoxy groups -OCH3 is 1. The molecule has 0 amide bonds. The lowest BCUT2D eigenvalue weighted by Crippen LogP contribution is -2.34. The number of anilines is 1. The van der Waals surface area contributed by atoms with Gasteiger partial charge in [0.15, 0.2) is 5.69 Å². The van der Waals surface area contributed by atoms with Gasteiger partial charge in [0.25, 0.3) is 6.01 Å². The molecular formula is C25H24F3N3O4. The average Bonchev–Trinajstić information content (AvgIpc) is 3.31. The third-order valence-corrected chi connectivity index (χ3v) is 5.88. The molecule has 1 aliphatic rings. The van der Waals surface area contributed by atoms with E-state index < -0.39 is 29.4 Å². The van der Waals surface area contributed by atoms with Crippen molar-refractivity contribution in [1.82, 2.24) is 9.97 Å². The van der Waals surface area contributed by atoms with Crippen LogP contribution in [0.25, 0.3) is 11.1 Å². The predicted molar refractivity (Wildman–Crippen MR) is 121 cm³/mol. The number of esters is 1. The molecular weight excluding hydrogens is 463 g/mol. The van der Waals surface area contributed by atoms with Crippen molar-refractivity contribution in [2.45, 2.75) is 32.4 Å². The number of hydrogen-bond donors (Lipinski definition) is 0. The molecule has 0 spiro atoms. The second-order valence-electron chi connectivity index (χ2n) is 8.59. The number of hydrogen-bond acceptors (Lipinski definition) is 7. The number of halogens is 3. The van der Waals surface area contributed by atoms with Crippen molar-refractivity contribution in [3.63, 3.8) is 0 Å². The first-order valence-electron chi connectivity index (χ1n) is 11.2. The van der Waals surface area contributed by atoms with E-state index in [1.54, 1.807) is 35.2 Å². The Hall–Kier alpha value is -3.69. The van der Waals surface area contributed by atoms with Crippen molar-refractivity contribution < 1.29 is 31.9 Å². The van der Waals surface area contributed by atoms with Crippen LogP contribution in [0.2, 0.25) is 0 Å². The zero-order chi connectivity index (χ0) is 25.2. The van der Waals surface area contributed by atoms with Gasteiger partial charge in [-0.2, -0.15) is 18.2 Å². The number of pyridine rings is 1. The summed E-state index contributed by atoms with van der Waals surface area (Å²) >= 11 is 0. The highest BCUT2D eigenvalue weighted by Gasteiger charge is 2.42. The molecule has 4 rings (SSSR count). The number of alkyl halides is 3. The van der Waals surface area contributed by atoms with Crippen LogP contribution in [0.15, 0.2) is 47.0 Å². The lowest BCUT2D eigenvalue weighted by atomic mass is 10.0. The Labute approximate surface area is 199 Å². The molecule has 3 aromatic rings. The summed E-state index contributed by atoms with van der Waals surface area (Å²) in [6.07, 6.45) is -1.76. The summed E-state index contributed by atoms with van der Waals surface area (Å²) in [6, 6.07) is 9.82. The number of piperidine rings is 1. The van der Waals surface area contributed by atoms with Crippen molar-refractivity contribution >= 4 is 17.8 Å². The van der Waals surface area contributed by atoms with Gasteiger partial charge in [-0.3, -0.25) is 4.79 Å². The number of carbonyl (C=O) groups is 2. The zero-order valence-corrected chi connectivity index (χ0v) is 19.3. The van der Waals surface area contributed by atoms with Crippen LogP contribution in [0.1, 0.15) is 52.1 Å². The van der Waals surface area contributed by atoms with Gasteiger partial charge in [0.1, 0.15) is 5.69 Å². The summed E-state index contributed by atoms with van der Waals surface area (Å²) in [5.74, 6) is -1.81. The fourth-order valence-electron chi connectivity index (χ4n) is 4.06. The van der Waals surface area contributed by atoms with Crippen LogP contribution < -0.4 is 4.90 Å². The van der Waals surface area contributed by atoms with Crippen LogP contribution in [-0.2, 0) is 17.3 Å². The number of ether oxygens (including phenoxy) is 1. The third kappa shape index (κ3) is 5.52. The van der Waals surface area contributed by atoms with Crippen molar-refractivity contribution in [2.24, 2.45) is 5.92 Å². The zero-order valence-electron chi connectivity index (χ0n) is 19.3. The number of benzene rings is 1. The van der Waals surface area contributed by atoms with Crippen LogP contribution in [0.3, 0.4) is 0 Å². The number of Topliss-reactive ketones (excluding diaryl/α,β-unsaturated/α-hetero) is 1. The van der Waals surface area contributed by atoms with E-state index in [9.17, 15) is 22.8 Å². The molecule has 2 aromatic heterocycles. The van der Waals surface area contributed by atoms with Crippen molar-refractivity contribution in [3.05, 3.63) is 65.3 Å². The summed E-state index contributed by atoms with van der Waals surface area (Å²) in [4.78, 5) is 33.7. The maximum Gasteiger partial charge on any atom is 0.437 e. The van der Waals surface area contributed by atoms with Gasteiger partial charge in [0.05, 0.1) is 7.11 Å². The summed E-state index contributed by atoms with van der Waals surface area (Å²) in [7, 11) is 1.27. The molecule has 1 atom stereocenters. The first-order valence-corrected chi connectivity index (χ1v) is 11.2. The molecule has 1 saturated heterocycles. The molecule has 0 radical (unpaired) electrons. The minimum absolute atomic E-state index is 0.162. The van der Waals surface area contributed by atoms with E-state index in [0.29, 0.717) is 24.6 Å². The second kappa shape index (κ2) is 9.89. The maximum atomic E-state index is 13.6. The minimum atomic E-state index is -4.80. The predicted octanol–water partition coefficient (Wildman–Crippen LogP) is 5.20. The summed E-state index contributed by atoms with van der Waals surface area (Å²) in [5.41, 5.74) is 0.900. The number of nitrogens with zero attached hydrogens (tertiary/aromatic N) is 3. The number of aromatic nitrogens is 2. The first kappa shape index (κ1) is 24.4. The Morgan fingerprint density at radius 2 is 1.86 bits per heavy atom. The van der Waals surface area contributed by atoms with Gasteiger partial charge in [0, 0.05) is 31.3 Å². The fraction of sp³-hybridized carbons (Fsp3) is 0.360. The highest BCUT2D eigenvalue weighted by atomic mass is 19.4. The Bertz CT molecular complexity index is 1200. The molecule has 184 valence electrons. The van der Waals surface area contributed by atoms with Gasteiger partial charge in [-0.15, -0.1) is 0 Å². The molecule has 1 aromatic carbocycles. The van der Waals surface area contributed by atoms with E-state index in [2.05, 4.69) is 14.7 Å². The number of rotatable bonds is 6. The van der Waals surface area contributed by atoms with Crippen LogP contribution in [0.4, 0.5) is 19.2 Å². The second-order valence-corrected chi connectivity index (χ2v) is 8.59. The van der Waals surface area contributed by atoms with Gasteiger partial charge < -0.3 is 14.1 Å². The largest absolute Gasteiger partial charge is 0.464 e. The van der Waals surface area contributed by atoms with Gasteiger partial charge in [-0.1, -0.05) is 37.3 Å². The van der Waals surface area contributed by atoms with Gasteiger partial charge in [-0.05, 0) is 36.0 Å². The van der Waals surface area contributed by atoms with Crippen molar-refractivity contribution in [3.8, 4) is 11.1 Å². The lowest BCUT2D eigenvalue weighted by molar-refractivity contribution is -0.141. The SMILES string of the molecule is COC(=O)c1ccc(-c2ccc(CC(=O)c3oc(N4CCCC(C)C4)nc3C(F)(F)F)cc2)cn1. The molecule has 0 aliphatic carbocycles. The van der Waals surface area contributed by atoms with Gasteiger partial charge in [0.2, 0.25) is 11.5 Å². The summed E-state index contributed by atoms with van der Waals surface area (Å²) < 4.78 is 50.9. The molecule has 0 N–H and O–H groups in total. The third-order valence-electron chi connectivity index (χ3n) is 5.88. The molecule has 35 heavy (non-hydrogen) atoms. The Kier molecular flexibility index (Phi) is 6.90. The van der Waals surface area contributed by atoms with Crippen molar-refractivity contribution in [1.29, 1.82) is 0 Å². The lowest BCUT2D eigenvalue weighted by Gasteiger charge is -2.29. The molecule has 0 bridgehead atoms. The van der Waals surface area contributed by atoms with E-state index >= 15 is 0 Å². The number of carbonyl (C=O) groups excluding carboxylic acids is 2. The van der Waals surface area contributed by atoms with Gasteiger partial charge >= 0.3 is 12.1 Å². The Morgan fingerprint density at radius 1 is 1.14 bits per heavy atom. The van der Waals surface area contributed by atoms with Crippen LogP contribution >= 0.6 is 0 Å². The molecule has 1 fully saturated rings. The van der Waals surface area contributed by atoms with Crippen molar-refractivity contribution in [2.75, 3.05) is 25.1 Å². The molecule has 10 heteroatoms. The van der Waals surface area contributed by atoms with E-state index in [-0.39, 0.29) is 18.1 Å². The van der Waals surface area contributed by atoms with E-state index in [1.165, 1.54) is 19.4 Å². The number of ketones is 1. The molecule has 3 heterocycles. The molecule has 1 aliphatic heterocycles. The minimum Gasteiger partial charge on any atom is -0.464 e. The first-order chi connectivity index (χ1) is 16.7. The van der Waals surface area contributed by atoms with E-state index in [1.807, 2.05) is 6.92 Å².